The van der Waals surface area contributed by atoms with Gasteiger partial charge in [0, 0.05) is 17.1 Å². The van der Waals surface area contributed by atoms with Crippen molar-refractivity contribution < 1.29 is 4.92 Å². The van der Waals surface area contributed by atoms with Crippen molar-refractivity contribution >= 4 is 33.9 Å². The molecule has 0 bridgehead atoms. The van der Waals surface area contributed by atoms with Crippen LogP contribution in [0.2, 0.25) is 0 Å². The van der Waals surface area contributed by atoms with Crippen molar-refractivity contribution in [2.45, 2.75) is 26.3 Å². The summed E-state index contributed by atoms with van der Waals surface area (Å²) in [6.45, 7) is 5.77. The Morgan fingerprint density at radius 1 is 1.04 bits per heavy atom. The van der Waals surface area contributed by atoms with Crippen molar-refractivity contribution in [3.8, 4) is 0 Å². The molecule has 0 spiro atoms. The fourth-order valence-electron chi connectivity index (χ4n) is 2.31. The third kappa shape index (κ3) is 3.83. The minimum atomic E-state index is -0.520. The lowest BCUT2D eigenvalue weighted by Crippen LogP contribution is -2.40. The number of hydrogen-bond acceptors (Lipinski definition) is 8. The molecule has 2 aromatic heterocycles. The van der Waals surface area contributed by atoms with Crippen molar-refractivity contribution in [3.63, 3.8) is 0 Å². The van der Waals surface area contributed by atoms with Crippen LogP contribution in [0.5, 0.6) is 0 Å². The maximum absolute atomic E-state index is 11.6. The Labute approximate surface area is 150 Å². The van der Waals surface area contributed by atoms with E-state index in [-0.39, 0.29) is 22.9 Å². The van der Waals surface area contributed by atoms with Gasteiger partial charge in [0.2, 0.25) is 11.6 Å². The number of nitrogens with zero attached hydrogens (tertiary/aromatic N) is 4. The number of aromatic nitrogens is 3. The van der Waals surface area contributed by atoms with Gasteiger partial charge in [-0.3, -0.25) is 20.5 Å². The van der Waals surface area contributed by atoms with E-state index in [0.29, 0.717) is 11.2 Å². The van der Waals surface area contributed by atoms with Gasteiger partial charge in [-0.15, -0.1) is 0 Å². The number of pyridine rings is 1. The molecule has 9 nitrogen and oxygen atoms in total. The molecule has 0 fully saturated rings. The molecule has 0 aliphatic rings. The highest BCUT2D eigenvalue weighted by molar-refractivity contribution is 5.92. The molecule has 1 aromatic carbocycles. The first kappa shape index (κ1) is 17.5. The minimum absolute atomic E-state index is 0.0793. The zero-order valence-electron chi connectivity index (χ0n) is 14.6. The minimum Gasteiger partial charge on any atom is -0.332 e. The monoisotopic (exact) mass is 353 g/mol. The number of benzene rings is 1. The predicted molar refractivity (Wildman–Crippen MR) is 100 cm³/mol. The Kier molecular flexibility index (Phi) is 4.63. The number of para-hydroxylation sites is 1. The van der Waals surface area contributed by atoms with Gasteiger partial charge < -0.3 is 5.32 Å². The van der Waals surface area contributed by atoms with E-state index in [2.05, 4.69) is 31.1 Å². The largest absolute Gasteiger partial charge is 0.354 e. The van der Waals surface area contributed by atoms with Crippen LogP contribution in [0.1, 0.15) is 20.8 Å². The van der Waals surface area contributed by atoms with Crippen LogP contribution in [0, 0.1) is 10.1 Å². The van der Waals surface area contributed by atoms with Gasteiger partial charge in [0.15, 0.2) is 0 Å². The topological polar surface area (TPSA) is 118 Å². The number of fused-ring (bicyclic) bond motifs is 1. The SMILES string of the molecule is CC(C)(C)NNc1ncnc(Nc2cccc3cccnc23)c1[N+](=O)[O-]. The van der Waals surface area contributed by atoms with Crippen molar-refractivity contribution in [1.29, 1.82) is 0 Å². The molecule has 3 rings (SSSR count). The van der Waals surface area contributed by atoms with Crippen LogP contribution < -0.4 is 16.2 Å². The molecule has 26 heavy (non-hydrogen) atoms. The summed E-state index contributed by atoms with van der Waals surface area (Å²) in [7, 11) is 0. The number of hydrazine groups is 1. The molecule has 0 atom stereocenters. The summed E-state index contributed by atoms with van der Waals surface area (Å²) in [4.78, 5) is 23.5. The van der Waals surface area contributed by atoms with E-state index < -0.39 is 4.92 Å². The quantitative estimate of drug-likeness (QED) is 0.472. The second-order valence-corrected chi connectivity index (χ2v) is 6.68. The third-order valence-electron chi connectivity index (χ3n) is 3.45. The Morgan fingerprint density at radius 3 is 2.50 bits per heavy atom. The predicted octanol–water partition coefficient (Wildman–Crippen LogP) is 3.39. The Bertz CT molecular complexity index is 948. The van der Waals surface area contributed by atoms with Crippen LogP contribution in [0.15, 0.2) is 42.9 Å². The van der Waals surface area contributed by atoms with E-state index in [9.17, 15) is 10.1 Å². The molecule has 0 aliphatic heterocycles. The molecule has 0 amide bonds. The second-order valence-electron chi connectivity index (χ2n) is 6.68. The molecule has 0 radical (unpaired) electrons. The lowest BCUT2D eigenvalue weighted by atomic mass is 10.1. The number of nitro groups is 1. The molecule has 9 heteroatoms. The van der Waals surface area contributed by atoms with E-state index in [0.717, 1.165) is 5.39 Å². The zero-order valence-corrected chi connectivity index (χ0v) is 14.6. The number of nitrogens with one attached hydrogen (secondary N) is 3. The van der Waals surface area contributed by atoms with Gasteiger partial charge in [0.25, 0.3) is 0 Å². The van der Waals surface area contributed by atoms with Crippen LogP contribution in [-0.2, 0) is 0 Å². The summed E-state index contributed by atoms with van der Waals surface area (Å²) in [6, 6.07) is 9.31. The van der Waals surface area contributed by atoms with Gasteiger partial charge in [-0.2, -0.15) is 0 Å². The Morgan fingerprint density at radius 2 is 1.77 bits per heavy atom. The van der Waals surface area contributed by atoms with Crippen molar-refractivity contribution in [1.82, 2.24) is 20.4 Å². The molecule has 0 unspecified atom stereocenters. The molecule has 0 saturated heterocycles. The summed E-state index contributed by atoms with van der Waals surface area (Å²) in [5, 5.41) is 15.6. The molecule has 0 aliphatic carbocycles. The summed E-state index contributed by atoms with van der Waals surface area (Å²) in [6.07, 6.45) is 2.93. The molecule has 0 saturated carbocycles. The highest BCUT2D eigenvalue weighted by atomic mass is 16.6. The van der Waals surface area contributed by atoms with E-state index in [4.69, 9.17) is 0 Å². The van der Waals surface area contributed by atoms with Crippen molar-refractivity contribution in [2.75, 3.05) is 10.7 Å². The average molecular weight is 353 g/mol. The lowest BCUT2D eigenvalue weighted by Gasteiger charge is -2.21. The average Bonchev–Trinajstić information content (AvgIpc) is 2.59. The van der Waals surface area contributed by atoms with Crippen LogP contribution in [0.4, 0.5) is 23.0 Å². The highest BCUT2D eigenvalue weighted by Gasteiger charge is 2.24. The Hall–Kier alpha value is -3.33. The van der Waals surface area contributed by atoms with Gasteiger partial charge in [-0.1, -0.05) is 18.2 Å². The smallest absolute Gasteiger partial charge is 0.332 e. The summed E-state index contributed by atoms with van der Waals surface area (Å²) >= 11 is 0. The van der Waals surface area contributed by atoms with Crippen LogP contribution in [-0.4, -0.2) is 25.4 Å². The molecular formula is C17H19N7O2. The maximum atomic E-state index is 11.6. The molecular weight excluding hydrogens is 334 g/mol. The van der Waals surface area contributed by atoms with E-state index in [1.54, 1.807) is 12.3 Å². The van der Waals surface area contributed by atoms with Gasteiger partial charge in [0.1, 0.15) is 6.33 Å². The van der Waals surface area contributed by atoms with Gasteiger partial charge >= 0.3 is 5.69 Å². The lowest BCUT2D eigenvalue weighted by molar-refractivity contribution is -0.383. The van der Waals surface area contributed by atoms with Gasteiger partial charge in [-0.05, 0) is 32.9 Å². The maximum Gasteiger partial charge on any atom is 0.354 e. The third-order valence-corrected chi connectivity index (χ3v) is 3.45. The molecule has 3 aromatic rings. The number of rotatable bonds is 5. The zero-order chi connectivity index (χ0) is 18.7. The van der Waals surface area contributed by atoms with E-state index >= 15 is 0 Å². The Balaban J connectivity index is 2.00. The summed E-state index contributed by atoms with van der Waals surface area (Å²) < 4.78 is 0. The normalized spacial score (nSPS) is 11.3. The van der Waals surface area contributed by atoms with E-state index in [1.807, 2.05) is 45.0 Å². The summed E-state index contributed by atoms with van der Waals surface area (Å²) in [5.74, 6) is 0.164. The molecule has 134 valence electrons. The van der Waals surface area contributed by atoms with Crippen molar-refractivity contribution in [2.24, 2.45) is 0 Å². The standard InChI is InChI=1S/C17H19N7O2/c1-17(2,3)23-22-16-14(24(25)26)15(19-10-20-16)21-12-8-4-6-11-7-5-9-18-13(11)12/h4-10,23H,1-3H3,(H2,19,20,21,22). The first-order chi connectivity index (χ1) is 12.3. The first-order valence-electron chi connectivity index (χ1n) is 7.98. The second kappa shape index (κ2) is 6.89. The highest BCUT2D eigenvalue weighted by Crippen LogP contribution is 2.32. The summed E-state index contributed by atoms with van der Waals surface area (Å²) in [5.41, 5.74) is 6.54. The molecule has 2 heterocycles. The molecule has 3 N–H and O–H groups in total. The fourth-order valence-corrected chi connectivity index (χ4v) is 2.31. The number of anilines is 3. The number of hydrogen-bond donors (Lipinski definition) is 3. The van der Waals surface area contributed by atoms with Crippen LogP contribution in [0.25, 0.3) is 10.9 Å². The van der Waals surface area contributed by atoms with Gasteiger partial charge in [-0.25, -0.2) is 15.4 Å². The van der Waals surface area contributed by atoms with Gasteiger partial charge in [0.05, 0.1) is 16.1 Å². The van der Waals surface area contributed by atoms with Crippen LogP contribution in [0.3, 0.4) is 0 Å². The first-order valence-corrected chi connectivity index (χ1v) is 7.98. The van der Waals surface area contributed by atoms with Crippen LogP contribution >= 0.6 is 0 Å². The fraction of sp³-hybridized carbons (Fsp3) is 0.235. The van der Waals surface area contributed by atoms with Crippen molar-refractivity contribution in [3.05, 3.63) is 53.0 Å². The van der Waals surface area contributed by atoms with E-state index in [1.165, 1.54) is 6.33 Å².